The number of hydrogen-bond donors (Lipinski definition) is 1. The van der Waals surface area contributed by atoms with Gasteiger partial charge in [-0.1, -0.05) is 22.9 Å². The van der Waals surface area contributed by atoms with Crippen LogP contribution >= 0.6 is 22.9 Å². The molecule has 1 atom stereocenters. The van der Waals surface area contributed by atoms with Gasteiger partial charge in [0.05, 0.1) is 19.8 Å². The Hall–Kier alpha value is -3.17. The Morgan fingerprint density at radius 2 is 1.91 bits per heavy atom. The third-order valence-corrected chi connectivity index (χ3v) is 6.77. The molecule has 1 fully saturated rings. The second-order valence-electron chi connectivity index (χ2n) is 7.56. The SMILES string of the molecule is COc1ccc(C(=O)N2CCC[C@@H](c3nnc(C(=O)Nc4ccc(Cl)cc4)s3)C2)c(OC)c1. The summed E-state index contributed by atoms with van der Waals surface area (Å²) in [4.78, 5) is 27.5. The summed E-state index contributed by atoms with van der Waals surface area (Å²) in [6.45, 7) is 1.15. The number of ether oxygens (including phenoxy) is 2. The van der Waals surface area contributed by atoms with Gasteiger partial charge in [-0.25, -0.2) is 0 Å². The van der Waals surface area contributed by atoms with Crippen LogP contribution in [0.15, 0.2) is 42.5 Å². The van der Waals surface area contributed by atoms with Crippen molar-refractivity contribution in [2.24, 2.45) is 0 Å². The maximum Gasteiger partial charge on any atom is 0.286 e. The van der Waals surface area contributed by atoms with Crippen molar-refractivity contribution in [2.45, 2.75) is 18.8 Å². The molecule has 0 radical (unpaired) electrons. The first-order valence-corrected chi connectivity index (χ1v) is 11.6. The van der Waals surface area contributed by atoms with Crippen LogP contribution in [-0.2, 0) is 0 Å². The first kappa shape index (κ1) is 23.0. The molecule has 0 spiro atoms. The molecule has 0 aliphatic carbocycles. The Morgan fingerprint density at radius 1 is 1.12 bits per heavy atom. The molecule has 2 aromatic carbocycles. The van der Waals surface area contributed by atoms with Crippen LogP contribution in [0.3, 0.4) is 0 Å². The van der Waals surface area contributed by atoms with Crippen molar-refractivity contribution in [1.82, 2.24) is 15.1 Å². The molecule has 1 aromatic heterocycles. The molecule has 8 nitrogen and oxygen atoms in total. The van der Waals surface area contributed by atoms with Gasteiger partial charge in [-0.15, -0.1) is 10.2 Å². The maximum absolute atomic E-state index is 13.2. The van der Waals surface area contributed by atoms with Gasteiger partial charge in [-0.2, -0.15) is 0 Å². The number of nitrogens with zero attached hydrogens (tertiary/aromatic N) is 3. The molecule has 1 saturated heterocycles. The number of halogens is 1. The molecule has 1 aliphatic heterocycles. The number of piperidine rings is 1. The average Bonchev–Trinajstić information content (AvgIpc) is 3.35. The van der Waals surface area contributed by atoms with E-state index in [1.54, 1.807) is 54.5 Å². The van der Waals surface area contributed by atoms with Gasteiger partial charge in [0.25, 0.3) is 11.8 Å². The Balaban J connectivity index is 1.45. The van der Waals surface area contributed by atoms with Gasteiger partial charge in [0.15, 0.2) is 0 Å². The second-order valence-corrected chi connectivity index (χ2v) is 9.01. The average molecular weight is 487 g/mol. The Morgan fingerprint density at radius 3 is 2.64 bits per heavy atom. The molecule has 1 aliphatic rings. The zero-order valence-electron chi connectivity index (χ0n) is 18.2. The van der Waals surface area contributed by atoms with Gasteiger partial charge >= 0.3 is 0 Å². The summed E-state index contributed by atoms with van der Waals surface area (Å²) in [5.74, 6) is 0.676. The summed E-state index contributed by atoms with van der Waals surface area (Å²) in [7, 11) is 3.10. The second kappa shape index (κ2) is 10.2. The molecular formula is C23H23ClN4O4S. The van der Waals surface area contributed by atoms with Gasteiger partial charge in [0, 0.05) is 35.8 Å². The van der Waals surface area contributed by atoms with E-state index in [9.17, 15) is 9.59 Å². The summed E-state index contributed by atoms with van der Waals surface area (Å²) < 4.78 is 10.6. The van der Waals surface area contributed by atoms with Crippen LogP contribution in [0.4, 0.5) is 5.69 Å². The highest BCUT2D eigenvalue weighted by Gasteiger charge is 2.30. The van der Waals surface area contributed by atoms with Gasteiger partial charge in [-0.3, -0.25) is 9.59 Å². The van der Waals surface area contributed by atoms with E-state index in [1.807, 2.05) is 0 Å². The number of likely N-dealkylation sites (tertiary alicyclic amines) is 1. The topological polar surface area (TPSA) is 93.7 Å². The highest BCUT2D eigenvalue weighted by molar-refractivity contribution is 7.13. The van der Waals surface area contributed by atoms with Crippen molar-refractivity contribution >= 4 is 40.4 Å². The largest absolute Gasteiger partial charge is 0.497 e. The van der Waals surface area contributed by atoms with Crippen molar-refractivity contribution < 1.29 is 19.1 Å². The van der Waals surface area contributed by atoms with Crippen molar-refractivity contribution in [3.8, 4) is 11.5 Å². The quantitative estimate of drug-likeness (QED) is 0.552. The van der Waals surface area contributed by atoms with Gasteiger partial charge < -0.3 is 19.7 Å². The molecule has 0 saturated carbocycles. The smallest absolute Gasteiger partial charge is 0.286 e. The van der Waals surface area contributed by atoms with E-state index in [4.69, 9.17) is 21.1 Å². The third-order valence-electron chi connectivity index (χ3n) is 5.43. The number of benzene rings is 2. The first-order chi connectivity index (χ1) is 16.0. The van der Waals surface area contributed by atoms with E-state index in [0.717, 1.165) is 17.8 Å². The molecule has 0 unspecified atom stereocenters. The normalized spacial score (nSPS) is 15.7. The molecule has 172 valence electrons. The predicted molar refractivity (Wildman–Crippen MR) is 127 cm³/mol. The molecule has 2 heterocycles. The van der Waals surface area contributed by atoms with E-state index < -0.39 is 0 Å². The number of hydrogen-bond acceptors (Lipinski definition) is 7. The number of carbonyl (C=O) groups is 2. The standard InChI is InChI=1S/C23H23ClN4O4S/c1-31-17-9-10-18(19(12-17)32-2)23(30)28-11-3-4-14(13-28)21-26-27-22(33-21)20(29)25-16-7-5-15(24)6-8-16/h5-10,12,14H,3-4,11,13H2,1-2H3,(H,25,29)/t14-/m1/s1. The Kier molecular flexibility index (Phi) is 7.10. The lowest BCUT2D eigenvalue weighted by Crippen LogP contribution is -2.39. The lowest BCUT2D eigenvalue weighted by Gasteiger charge is -2.32. The van der Waals surface area contributed by atoms with E-state index >= 15 is 0 Å². The van der Waals surface area contributed by atoms with Gasteiger partial charge in [0.1, 0.15) is 16.5 Å². The van der Waals surface area contributed by atoms with E-state index in [0.29, 0.717) is 40.9 Å². The first-order valence-electron chi connectivity index (χ1n) is 10.4. The van der Waals surface area contributed by atoms with Crippen molar-refractivity contribution in [1.29, 1.82) is 0 Å². The fourth-order valence-electron chi connectivity index (χ4n) is 3.72. The monoisotopic (exact) mass is 486 g/mol. The zero-order valence-corrected chi connectivity index (χ0v) is 19.8. The van der Waals surface area contributed by atoms with E-state index in [2.05, 4.69) is 15.5 Å². The summed E-state index contributed by atoms with van der Waals surface area (Å²) in [6.07, 6.45) is 1.71. The molecule has 1 N–H and O–H groups in total. The number of nitrogens with one attached hydrogen (secondary N) is 1. The zero-order chi connectivity index (χ0) is 23.4. The van der Waals surface area contributed by atoms with E-state index in [-0.39, 0.29) is 22.7 Å². The molecule has 10 heteroatoms. The molecule has 3 aromatic rings. The van der Waals surface area contributed by atoms with Crippen molar-refractivity contribution in [3.63, 3.8) is 0 Å². The van der Waals surface area contributed by atoms with Crippen LogP contribution in [0.25, 0.3) is 0 Å². The van der Waals surface area contributed by atoms with Crippen LogP contribution in [0, 0.1) is 0 Å². The fraction of sp³-hybridized carbons (Fsp3) is 0.304. The lowest BCUT2D eigenvalue weighted by atomic mass is 9.98. The van der Waals surface area contributed by atoms with Crippen LogP contribution in [-0.4, -0.2) is 54.2 Å². The summed E-state index contributed by atoms with van der Waals surface area (Å²) in [6, 6.07) is 12.0. The minimum Gasteiger partial charge on any atom is -0.497 e. The van der Waals surface area contributed by atoms with Crippen LogP contribution in [0.2, 0.25) is 5.02 Å². The Labute approximate surface area is 200 Å². The molecule has 33 heavy (non-hydrogen) atoms. The summed E-state index contributed by atoms with van der Waals surface area (Å²) in [5, 5.41) is 12.7. The molecular weight excluding hydrogens is 464 g/mol. The number of aromatic nitrogens is 2. The lowest BCUT2D eigenvalue weighted by molar-refractivity contribution is 0.0703. The Bertz CT molecular complexity index is 1150. The highest BCUT2D eigenvalue weighted by Crippen LogP contribution is 2.32. The van der Waals surface area contributed by atoms with Crippen molar-refractivity contribution in [3.05, 3.63) is 63.1 Å². The van der Waals surface area contributed by atoms with Gasteiger partial charge in [-0.05, 0) is 49.2 Å². The minimum absolute atomic E-state index is 0.0153. The molecule has 0 bridgehead atoms. The summed E-state index contributed by atoms with van der Waals surface area (Å²) in [5.41, 5.74) is 1.11. The maximum atomic E-state index is 13.2. The van der Waals surface area contributed by atoms with Crippen molar-refractivity contribution in [2.75, 3.05) is 32.6 Å². The number of rotatable bonds is 6. The van der Waals surface area contributed by atoms with Crippen LogP contribution in [0.1, 0.15) is 43.9 Å². The molecule has 2 amide bonds. The number of carbonyl (C=O) groups excluding carboxylic acids is 2. The number of methoxy groups -OCH3 is 2. The molecule has 4 rings (SSSR count). The third kappa shape index (κ3) is 5.26. The number of anilines is 1. The van der Waals surface area contributed by atoms with Crippen LogP contribution in [0.5, 0.6) is 11.5 Å². The van der Waals surface area contributed by atoms with Gasteiger partial charge in [0.2, 0.25) is 5.01 Å². The minimum atomic E-state index is -0.326. The number of amides is 2. The highest BCUT2D eigenvalue weighted by atomic mass is 35.5. The fourth-order valence-corrected chi connectivity index (χ4v) is 4.71. The predicted octanol–water partition coefficient (Wildman–Crippen LogP) is 4.48. The summed E-state index contributed by atoms with van der Waals surface area (Å²) >= 11 is 7.14. The van der Waals surface area contributed by atoms with E-state index in [1.165, 1.54) is 18.4 Å². The van der Waals surface area contributed by atoms with Crippen LogP contribution < -0.4 is 14.8 Å².